The highest BCUT2D eigenvalue weighted by Crippen LogP contribution is 2.24. The Morgan fingerprint density at radius 2 is 0.548 bits per heavy atom. The average molecular weight is 589 g/mol. The summed E-state index contributed by atoms with van der Waals surface area (Å²) in [7, 11) is 0. The predicted octanol–water partition coefficient (Wildman–Crippen LogP) is 13.9. The van der Waals surface area contributed by atoms with Gasteiger partial charge in [-0.05, 0) is 25.7 Å². The van der Waals surface area contributed by atoms with Crippen LogP contribution < -0.4 is 0 Å². The molecule has 0 N–H and O–H groups in total. The summed E-state index contributed by atoms with van der Waals surface area (Å²) in [4.78, 5) is 5.40. The average Bonchev–Trinajstić information content (AvgIpc) is 3.38. The van der Waals surface area contributed by atoms with Crippen molar-refractivity contribution < 1.29 is 0 Å². The van der Waals surface area contributed by atoms with Crippen molar-refractivity contribution in [1.82, 2.24) is 9.80 Å². The Balaban J connectivity index is 2.07. The third kappa shape index (κ3) is 23.8. The summed E-state index contributed by atoms with van der Waals surface area (Å²) in [6, 6.07) is 0. The van der Waals surface area contributed by atoms with E-state index < -0.39 is 0 Å². The van der Waals surface area contributed by atoms with Gasteiger partial charge in [-0.15, -0.1) is 0 Å². The van der Waals surface area contributed by atoms with Crippen molar-refractivity contribution in [3.05, 3.63) is 12.4 Å². The molecule has 42 heavy (non-hydrogen) atoms. The van der Waals surface area contributed by atoms with Gasteiger partial charge in [-0.3, -0.25) is 0 Å². The minimum atomic E-state index is 0.640. The molecule has 0 aromatic heterocycles. The normalized spacial score (nSPS) is 15.0. The fraction of sp³-hybridized carbons (Fsp3) is 0.950. The van der Waals surface area contributed by atoms with Crippen molar-refractivity contribution in [3.8, 4) is 0 Å². The summed E-state index contributed by atoms with van der Waals surface area (Å²) in [6.45, 7) is 9.47. The van der Waals surface area contributed by atoms with Crippen LogP contribution in [0.25, 0.3) is 0 Å². The lowest BCUT2D eigenvalue weighted by Gasteiger charge is -2.33. The third-order valence-electron chi connectivity index (χ3n) is 9.82. The number of hydrogen-bond donors (Lipinski definition) is 0. The number of rotatable bonds is 34. The molecular weight excluding hydrogens is 508 g/mol. The van der Waals surface area contributed by atoms with Crippen LogP contribution in [0, 0.1) is 0 Å². The van der Waals surface area contributed by atoms with Gasteiger partial charge in [-0.25, -0.2) is 0 Å². The molecule has 1 unspecified atom stereocenters. The summed E-state index contributed by atoms with van der Waals surface area (Å²) in [5.74, 6) is 0. The summed E-state index contributed by atoms with van der Waals surface area (Å²) >= 11 is 0. The van der Waals surface area contributed by atoms with Gasteiger partial charge in [0.25, 0.3) is 0 Å². The molecule has 1 rings (SSSR count). The summed E-state index contributed by atoms with van der Waals surface area (Å²) in [5, 5.41) is 0. The van der Waals surface area contributed by atoms with Crippen LogP contribution >= 0.6 is 0 Å². The van der Waals surface area contributed by atoms with Crippen molar-refractivity contribution in [1.29, 1.82) is 0 Å². The van der Waals surface area contributed by atoms with E-state index >= 15 is 0 Å². The second kappa shape index (κ2) is 31.8. The first-order valence-electron chi connectivity index (χ1n) is 20.0. The van der Waals surface area contributed by atoms with Crippen LogP contribution in [0.4, 0.5) is 0 Å². The second-order valence-electron chi connectivity index (χ2n) is 13.9. The molecule has 0 aromatic rings. The zero-order chi connectivity index (χ0) is 30.2. The fourth-order valence-electron chi connectivity index (χ4n) is 6.89. The molecule has 0 saturated carbocycles. The van der Waals surface area contributed by atoms with Crippen molar-refractivity contribution in [2.24, 2.45) is 0 Å². The molecule has 0 bridgehead atoms. The van der Waals surface area contributed by atoms with Gasteiger partial charge >= 0.3 is 0 Å². The maximum atomic E-state index is 2.71. The zero-order valence-electron chi connectivity index (χ0n) is 29.7. The van der Waals surface area contributed by atoms with Gasteiger partial charge < -0.3 is 9.80 Å². The van der Waals surface area contributed by atoms with E-state index in [2.05, 4.69) is 43.0 Å². The minimum absolute atomic E-state index is 0.640. The van der Waals surface area contributed by atoms with Gasteiger partial charge in [0, 0.05) is 25.5 Å². The Hall–Kier alpha value is -0.660. The molecule has 1 aliphatic rings. The van der Waals surface area contributed by atoms with Gasteiger partial charge in [0.05, 0.1) is 0 Å². The van der Waals surface area contributed by atoms with Crippen LogP contribution in [0.2, 0.25) is 0 Å². The number of unbranched alkanes of at least 4 members (excludes halogenated alkanes) is 28. The van der Waals surface area contributed by atoms with E-state index in [1.165, 1.54) is 219 Å². The van der Waals surface area contributed by atoms with Gasteiger partial charge in [0.2, 0.25) is 0 Å². The van der Waals surface area contributed by atoms with Gasteiger partial charge in [-0.1, -0.05) is 201 Å². The monoisotopic (exact) mass is 589 g/mol. The first-order chi connectivity index (χ1) is 20.8. The molecule has 2 nitrogen and oxygen atoms in total. The van der Waals surface area contributed by atoms with Crippen LogP contribution in [-0.4, -0.2) is 29.1 Å². The minimum Gasteiger partial charge on any atom is -0.356 e. The van der Waals surface area contributed by atoms with Gasteiger partial charge in [0.1, 0.15) is 6.17 Å². The SMILES string of the molecule is CCCCCCCCCCCCCCCCCCCN1C=CN(CCCCCC)C1CCCCCCCCCCCC. The maximum absolute atomic E-state index is 2.71. The van der Waals surface area contributed by atoms with Crippen molar-refractivity contribution in [2.45, 2.75) is 232 Å². The number of hydrogen-bond acceptors (Lipinski definition) is 2. The van der Waals surface area contributed by atoms with E-state index in [0.29, 0.717) is 6.17 Å². The zero-order valence-corrected chi connectivity index (χ0v) is 29.7. The molecule has 0 amide bonds. The van der Waals surface area contributed by atoms with Crippen LogP contribution in [-0.2, 0) is 0 Å². The van der Waals surface area contributed by atoms with Crippen LogP contribution in [0.5, 0.6) is 0 Å². The largest absolute Gasteiger partial charge is 0.356 e. The highest BCUT2D eigenvalue weighted by molar-refractivity contribution is 4.97. The predicted molar refractivity (Wildman–Crippen MR) is 191 cm³/mol. The Kier molecular flexibility index (Phi) is 29.8. The molecular formula is C40H80N2. The van der Waals surface area contributed by atoms with Crippen LogP contribution in [0.3, 0.4) is 0 Å². The Morgan fingerprint density at radius 1 is 0.310 bits per heavy atom. The van der Waals surface area contributed by atoms with Gasteiger partial charge in [-0.2, -0.15) is 0 Å². The molecule has 2 heteroatoms. The molecule has 1 atom stereocenters. The van der Waals surface area contributed by atoms with E-state index in [1.807, 2.05) is 0 Å². The summed E-state index contributed by atoms with van der Waals surface area (Å²) in [6.07, 6.45) is 51.5. The standard InChI is InChI=1S/C40H80N2/c1-4-7-10-13-15-17-19-20-21-22-23-24-25-27-29-31-34-37-42-39-38-41(36-33-12-9-6-3)40(42)35-32-30-28-26-18-16-14-11-8-5-2/h38-40H,4-37H2,1-3H3. The third-order valence-corrected chi connectivity index (χ3v) is 9.82. The molecule has 0 aromatic carbocycles. The van der Waals surface area contributed by atoms with Crippen LogP contribution in [0.15, 0.2) is 12.4 Å². The first-order valence-corrected chi connectivity index (χ1v) is 20.0. The Morgan fingerprint density at radius 3 is 0.857 bits per heavy atom. The smallest absolute Gasteiger partial charge is 0.101 e. The quantitative estimate of drug-likeness (QED) is 0.0690. The number of nitrogens with zero attached hydrogens (tertiary/aromatic N) is 2. The van der Waals surface area contributed by atoms with E-state index in [0.717, 1.165) is 0 Å². The highest BCUT2D eigenvalue weighted by atomic mass is 15.4. The lowest BCUT2D eigenvalue weighted by Crippen LogP contribution is -2.39. The van der Waals surface area contributed by atoms with E-state index in [1.54, 1.807) is 0 Å². The van der Waals surface area contributed by atoms with Crippen molar-refractivity contribution in [2.75, 3.05) is 13.1 Å². The Bertz CT molecular complexity index is 544. The summed E-state index contributed by atoms with van der Waals surface area (Å²) < 4.78 is 0. The molecule has 0 saturated heterocycles. The molecule has 1 aliphatic heterocycles. The van der Waals surface area contributed by atoms with E-state index in [9.17, 15) is 0 Å². The Labute approximate surface area is 267 Å². The highest BCUT2D eigenvalue weighted by Gasteiger charge is 2.24. The molecule has 250 valence electrons. The molecule has 0 spiro atoms. The summed E-state index contributed by atoms with van der Waals surface area (Å²) in [5.41, 5.74) is 0. The maximum Gasteiger partial charge on any atom is 0.101 e. The molecule has 0 fully saturated rings. The second-order valence-corrected chi connectivity index (χ2v) is 13.9. The van der Waals surface area contributed by atoms with Gasteiger partial charge in [0.15, 0.2) is 0 Å². The van der Waals surface area contributed by atoms with Crippen molar-refractivity contribution >= 4 is 0 Å². The van der Waals surface area contributed by atoms with Crippen molar-refractivity contribution in [3.63, 3.8) is 0 Å². The molecule has 1 heterocycles. The molecule has 0 aliphatic carbocycles. The molecule has 0 radical (unpaired) electrons. The fourth-order valence-corrected chi connectivity index (χ4v) is 6.89. The van der Waals surface area contributed by atoms with Crippen LogP contribution in [0.1, 0.15) is 226 Å². The topological polar surface area (TPSA) is 6.48 Å². The van der Waals surface area contributed by atoms with E-state index in [4.69, 9.17) is 0 Å². The lowest BCUT2D eigenvalue weighted by molar-refractivity contribution is 0.135. The first kappa shape index (κ1) is 39.4. The van der Waals surface area contributed by atoms with E-state index in [-0.39, 0.29) is 0 Å². The lowest BCUT2D eigenvalue weighted by atomic mass is 10.0.